The van der Waals surface area contributed by atoms with Crippen LogP contribution in [0.3, 0.4) is 0 Å². The molecular formula is C29H27N5O3S. The molecule has 0 radical (unpaired) electrons. The van der Waals surface area contributed by atoms with Gasteiger partial charge in [0.05, 0.1) is 35.0 Å². The first-order chi connectivity index (χ1) is 18.4. The maximum atomic E-state index is 13.5. The van der Waals surface area contributed by atoms with Crippen molar-refractivity contribution in [2.75, 3.05) is 11.9 Å². The van der Waals surface area contributed by atoms with Crippen molar-refractivity contribution in [1.29, 1.82) is 0 Å². The summed E-state index contributed by atoms with van der Waals surface area (Å²) in [7, 11) is 0. The van der Waals surface area contributed by atoms with Gasteiger partial charge in [0.2, 0.25) is 11.0 Å². The van der Waals surface area contributed by atoms with Crippen LogP contribution in [0, 0.1) is 5.41 Å². The minimum atomic E-state index is -0.815. The SMILES string of the molecule is CCOC(=O)c1cccc(-n2ncc3cc(C(c4ccccc4)C(C)(C)C(=O)Nc4nncs4)ccc32)c1. The van der Waals surface area contributed by atoms with Gasteiger partial charge >= 0.3 is 5.97 Å². The molecule has 0 saturated carbocycles. The van der Waals surface area contributed by atoms with E-state index in [-0.39, 0.29) is 17.8 Å². The van der Waals surface area contributed by atoms with Crippen LogP contribution in [0.2, 0.25) is 0 Å². The number of nitrogens with one attached hydrogen (secondary N) is 1. The Kier molecular flexibility index (Phi) is 7.02. The minimum Gasteiger partial charge on any atom is -0.462 e. The molecule has 38 heavy (non-hydrogen) atoms. The highest BCUT2D eigenvalue weighted by Crippen LogP contribution is 2.42. The van der Waals surface area contributed by atoms with Crippen LogP contribution in [0.5, 0.6) is 0 Å². The summed E-state index contributed by atoms with van der Waals surface area (Å²) in [5, 5.41) is 16.7. The average Bonchev–Trinajstić information content (AvgIpc) is 3.59. The number of nitrogens with zero attached hydrogens (tertiary/aromatic N) is 4. The highest BCUT2D eigenvalue weighted by Gasteiger charge is 2.39. The van der Waals surface area contributed by atoms with Gasteiger partial charge < -0.3 is 10.1 Å². The third-order valence-electron chi connectivity index (χ3n) is 6.55. The first-order valence-corrected chi connectivity index (χ1v) is 13.1. The molecule has 9 heteroatoms. The number of carbonyl (C=O) groups is 2. The zero-order valence-electron chi connectivity index (χ0n) is 21.3. The summed E-state index contributed by atoms with van der Waals surface area (Å²) in [4.78, 5) is 25.7. The van der Waals surface area contributed by atoms with E-state index in [4.69, 9.17) is 4.74 Å². The van der Waals surface area contributed by atoms with Crippen molar-refractivity contribution in [3.8, 4) is 5.69 Å². The molecule has 5 aromatic rings. The molecule has 1 atom stereocenters. The predicted octanol–water partition coefficient (Wildman–Crippen LogP) is 5.85. The van der Waals surface area contributed by atoms with Crippen molar-refractivity contribution in [3.05, 3.63) is 101 Å². The standard InChI is InChI=1S/C29H27N5O3S/c1-4-37-26(35)21-11-8-12-23(16-21)34-24-14-13-20(15-22(24)17-31-34)25(19-9-6-5-7-10-19)29(2,3)27(36)32-28-33-30-18-38-28/h5-18,25H,4H2,1-3H3,(H,32,33,36). The number of esters is 1. The van der Waals surface area contributed by atoms with Gasteiger partial charge in [-0.3, -0.25) is 4.79 Å². The molecule has 3 aromatic carbocycles. The summed E-state index contributed by atoms with van der Waals surface area (Å²) in [6.45, 7) is 5.98. The van der Waals surface area contributed by atoms with Crippen LogP contribution in [0.25, 0.3) is 16.6 Å². The van der Waals surface area contributed by atoms with Crippen molar-refractivity contribution < 1.29 is 14.3 Å². The summed E-state index contributed by atoms with van der Waals surface area (Å²) in [6.07, 6.45) is 1.80. The number of anilines is 1. The Labute approximate surface area is 224 Å². The van der Waals surface area contributed by atoms with Crippen molar-refractivity contribution >= 4 is 39.2 Å². The van der Waals surface area contributed by atoms with E-state index in [2.05, 4.69) is 26.7 Å². The fraction of sp³-hybridized carbons (Fsp3) is 0.207. The molecule has 1 unspecified atom stereocenters. The molecule has 192 valence electrons. The zero-order chi connectivity index (χ0) is 26.7. The van der Waals surface area contributed by atoms with E-state index in [0.717, 1.165) is 27.7 Å². The van der Waals surface area contributed by atoms with Gasteiger partial charge in [0.1, 0.15) is 5.51 Å². The maximum absolute atomic E-state index is 13.5. The van der Waals surface area contributed by atoms with Crippen LogP contribution in [0.4, 0.5) is 5.13 Å². The molecule has 8 nitrogen and oxygen atoms in total. The molecule has 0 bridgehead atoms. The fourth-order valence-electron chi connectivity index (χ4n) is 4.70. The van der Waals surface area contributed by atoms with Gasteiger partial charge in [-0.15, -0.1) is 10.2 Å². The Morgan fingerprint density at radius 1 is 1.03 bits per heavy atom. The van der Waals surface area contributed by atoms with Gasteiger partial charge in [0, 0.05) is 11.3 Å². The molecule has 2 heterocycles. The summed E-state index contributed by atoms with van der Waals surface area (Å²) in [5.41, 5.74) is 4.90. The Morgan fingerprint density at radius 3 is 2.58 bits per heavy atom. The molecule has 0 spiro atoms. The highest BCUT2D eigenvalue weighted by molar-refractivity contribution is 7.13. The van der Waals surface area contributed by atoms with Crippen LogP contribution in [0.1, 0.15) is 48.2 Å². The number of rotatable bonds is 8. The van der Waals surface area contributed by atoms with Crippen molar-refractivity contribution in [3.63, 3.8) is 0 Å². The first kappa shape index (κ1) is 25.3. The summed E-state index contributed by atoms with van der Waals surface area (Å²) >= 11 is 1.28. The second-order valence-corrected chi connectivity index (χ2v) is 10.2. The van der Waals surface area contributed by atoms with E-state index in [1.54, 1.807) is 35.4 Å². The maximum Gasteiger partial charge on any atom is 0.338 e. The topological polar surface area (TPSA) is 99.0 Å². The molecule has 0 aliphatic rings. The van der Waals surface area contributed by atoms with E-state index < -0.39 is 5.41 Å². The molecule has 0 saturated heterocycles. The Balaban J connectivity index is 1.54. The molecule has 2 aromatic heterocycles. The van der Waals surface area contributed by atoms with Gasteiger partial charge in [-0.25, -0.2) is 9.48 Å². The van der Waals surface area contributed by atoms with Crippen molar-refractivity contribution in [1.82, 2.24) is 20.0 Å². The van der Waals surface area contributed by atoms with Crippen LogP contribution in [0.15, 0.2) is 84.5 Å². The van der Waals surface area contributed by atoms with Gasteiger partial charge in [0.15, 0.2) is 0 Å². The normalized spacial score (nSPS) is 12.3. The molecule has 1 amide bonds. The van der Waals surface area contributed by atoms with E-state index >= 15 is 0 Å². The quantitative estimate of drug-likeness (QED) is 0.255. The highest BCUT2D eigenvalue weighted by atomic mass is 32.1. The molecular weight excluding hydrogens is 498 g/mol. The predicted molar refractivity (Wildman–Crippen MR) is 148 cm³/mol. The summed E-state index contributed by atoms with van der Waals surface area (Å²) < 4.78 is 6.95. The zero-order valence-corrected chi connectivity index (χ0v) is 22.1. The Hall–Kier alpha value is -4.37. The number of amides is 1. The first-order valence-electron chi connectivity index (χ1n) is 12.3. The van der Waals surface area contributed by atoms with Crippen LogP contribution in [-0.4, -0.2) is 38.5 Å². The molecule has 0 aliphatic heterocycles. The largest absolute Gasteiger partial charge is 0.462 e. The lowest BCUT2D eigenvalue weighted by Gasteiger charge is -2.33. The van der Waals surface area contributed by atoms with Crippen LogP contribution in [-0.2, 0) is 9.53 Å². The molecule has 1 N–H and O–H groups in total. The molecule has 0 aliphatic carbocycles. The summed E-state index contributed by atoms with van der Waals surface area (Å²) in [5.74, 6) is -0.751. The number of hydrogen-bond donors (Lipinski definition) is 1. The Bertz CT molecular complexity index is 1580. The third-order valence-corrected chi connectivity index (χ3v) is 7.15. The third kappa shape index (κ3) is 4.92. The number of aromatic nitrogens is 4. The second kappa shape index (κ2) is 10.5. The Morgan fingerprint density at radius 2 is 1.84 bits per heavy atom. The number of benzene rings is 3. The fourth-order valence-corrected chi connectivity index (χ4v) is 5.14. The van der Waals surface area contributed by atoms with Gasteiger partial charge in [-0.1, -0.05) is 67.6 Å². The van der Waals surface area contributed by atoms with Crippen LogP contribution < -0.4 is 5.32 Å². The van der Waals surface area contributed by atoms with Gasteiger partial charge in [0.25, 0.3) is 0 Å². The van der Waals surface area contributed by atoms with Gasteiger partial charge in [-0.2, -0.15) is 5.10 Å². The average molecular weight is 526 g/mol. The smallest absolute Gasteiger partial charge is 0.338 e. The van der Waals surface area contributed by atoms with E-state index in [9.17, 15) is 9.59 Å². The van der Waals surface area contributed by atoms with Crippen LogP contribution >= 0.6 is 11.3 Å². The number of carbonyl (C=O) groups excluding carboxylic acids is 2. The summed E-state index contributed by atoms with van der Waals surface area (Å²) in [6, 6.07) is 23.3. The van der Waals surface area contributed by atoms with E-state index in [0.29, 0.717) is 17.3 Å². The lowest BCUT2D eigenvalue weighted by Crippen LogP contribution is -2.37. The van der Waals surface area contributed by atoms with E-state index in [1.165, 1.54) is 11.3 Å². The lowest BCUT2D eigenvalue weighted by molar-refractivity contribution is -0.124. The van der Waals surface area contributed by atoms with Gasteiger partial charge in [-0.05, 0) is 48.4 Å². The van der Waals surface area contributed by atoms with E-state index in [1.807, 2.05) is 68.4 Å². The van der Waals surface area contributed by atoms with Crippen molar-refractivity contribution in [2.24, 2.45) is 5.41 Å². The minimum absolute atomic E-state index is 0.144. The number of hydrogen-bond acceptors (Lipinski definition) is 7. The number of fused-ring (bicyclic) bond motifs is 1. The van der Waals surface area contributed by atoms with Crippen molar-refractivity contribution in [2.45, 2.75) is 26.7 Å². The monoisotopic (exact) mass is 525 g/mol. The molecule has 0 fully saturated rings. The molecule has 5 rings (SSSR count). The lowest BCUT2D eigenvalue weighted by atomic mass is 9.70. The second-order valence-electron chi connectivity index (χ2n) is 9.41. The number of ether oxygens (including phenoxy) is 1.